The molecule has 4 aromatic rings. The quantitative estimate of drug-likeness (QED) is 0.356. The van der Waals surface area contributed by atoms with Crippen LogP contribution in [-0.4, -0.2) is 41.9 Å². The van der Waals surface area contributed by atoms with Crippen LogP contribution in [0.5, 0.6) is 5.75 Å². The second kappa shape index (κ2) is 10.7. The van der Waals surface area contributed by atoms with E-state index in [1.54, 1.807) is 7.11 Å². The second-order valence-corrected chi connectivity index (χ2v) is 9.67. The van der Waals surface area contributed by atoms with Crippen molar-refractivity contribution in [3.63, 3.8) is 0 Å². The van der Waals surface area contributed by atoms with Crippen molar-refractivity contribution in [3.8, 4) is 16.3 Å². The molecule has 1 aromatic heterocycles. The first-order valence-electron chi connectivity index (χ1n) is 11.9. The Kier molecular flexibility index (Phi) is 7.09. The van der Waals surface area contributed by atoms with E-state index in [0.717, 1.165) is 38.7 Å². The largest absolute Gasteiger partial charge is 0.497 e. The van der Waals surface area contributed by atoms with Gasteiger partial charge in [-0.05, 0) is 29.3 Å². The summed E-state index contributed by atoms with van der Waals surface area (Å²) in [5.74, 6) is 0.713. The molecule has 1 atom stereocenters. The zero-order valence-electron chi connectivity index (χ0n) is 20.0. The van der Waals surface area contributed by atoms with E-state index in [0.29, 0.717) is 19.6 Å². The molecular weight excluding hydrogens is 470 g/mol. The van der Waals surface area contributed by atoms with Crippen molar-refractivity contribution in [2.45, 2.75) is 18.9 Å². The molecule has 2 heterocycles. The van der Waals surface area contributed by atoms with Gasteiger partial charge in [-0.2, -0.15) is 0 Å². The third kappa shape index (κ3) is 5.31. The molecule has 6 nitrogen and oxygen atoms in total. The molecule has 0 aliphatic carbocycles. The number of methoxy groups -OCH3 is 1. The molecule has 1 N–H and O–H groups in total. The number of aromatic nitrogens is 1. The first-order valence-corrected chi connectivity index (χ1v) is 12.8. The van der Waals surface area contributed by atoms with Crippen molar-refractivity contribution in [3.05, 3.63) is 107 Å². The van der Waals surface area contributed by atoms with Crippen molar-refractivity contribution in [1.29, 1.82) is 0 Å². The average molecular weight is 498 g/mol. The zero-order valence-corrected chi connectivity index (χ0v) is 20.8. The lowest BCUT2D eigenvalue weighted by Crippen LogP contribution is -2.36. The van der Waals surface area contributed by atoms with Crippen LogP contribution in [0.25, 0.3) is 10.6 Å². The second-order valence-electron chi connectivity index (χ2n) is 8.81. The number of thiazole rings is 1. The normalized spacial score (nSPS) is 13.4. The molecule has 1 aliphatic heterocycles. The zero-order chi connectivity index (χ0) is 24.9. The molecule has 0 unspecified atom stereocenters. The number of amides is 2. The van der Waals surface area contributed by atoms with Crippen LogP contribution in [-0.2, 0) is 17.8 Å². The molecule has 182 valence electrons. The number of hydrogen-bond acceptors (Lipinski definition) is 5. The minimum absolute atomic E-state index is 0.0174. The Labute approximate surface area is 214 Å². The third-order valence-corrected chi connectivity index (χ3v) is 7.30. The summed E-state index contributed by atoms with van der Waals surface area (Å²) in [6.07, 6.45) is 0.204. The first kappa shape index (κ1) is 23.8. The summed E-state index contributed by atoms with van der Waals surface area (Å²) in [5.41, 5.74) is 4.61. The van der Waals surface area contributed by atoms with Gasteiger partial charge >= 0.3 is 0 Å². The summed E-state index contributed by atoms with van der Waals surface area (Å²) in [5, 5.41) is 5.85. The van der Waals surface area contributed by atoms with Crippen LogP contribution in [0.3, 0.4) is 0 Å². The molecule has 5 rings (SSSR count). The topological polar surface area (TPSA) is 71.5 Å². The molecule has 0 saturated carbocycles. The van der Waals surface area contributed by atoms with Crippen molar-refractivity contribution in [2.75, 3.05) is 20.2 Å². The number of carbonyl (C=O) groups excluding carboxylic acids is 2. The van der Waals surface area contributed by atoms with Crippen LogP contribution in [0.4, 0.5) is 0 Å². The van der Waals surface area contributed by atoms with Crippen molar-refractivity contribution in [1.82, 2.24) is 15.2 Å². The number of carbonyl (C=O) groups is 2. The van der Waals surface area contributed by atoms with E-state index < -0.39 is 0 Å². The highest BCUT2D eigenvalue weighted by atomic mass is 32.1. The van der Waals surface area contributed by atoms with E-state index in [2.05, 4.69) is 10.3 Å². The van der Waals surface area contributed by atoms with E-state index in [1.807, 2.05) is 89.1 Å². The van der Waals surface area contributed by atoms with Gasteiger partial charge in [-0.1, -0.05) is 60.7 Å². The van der Waals surface area contributed by atoms with Crippen molar-refractivity contribution in [2.24, 2.45) is 0 Å². The maximum atomic E-state index is 12.9. The van der Waals surface area contributed by atoms with Gasteiger partial charge in [0.05, 0.1) is 19.2 Å². The Morgan fingerprint density at radius 3 is 2.69 bits per heavy atom. The van der Waals surface area contributed by atoms with Gasteiger partial charge in [-0.15, -0.1) is 11.3 Å². The SMILES string of the molecule is COc1cccc(-c2nc(CC(=O)NC[C@@H](CN3Cc4ccccc4C3=O)c3ccccc3)cs2)c1. The highest BCUT2D eigenvalue weighted by molar-refractivity contribution is 7.13. The first-order chi connectivity index (χ1) is 17.6. The van der Waals surface area contributed by atoms with Crippen molar-refractivity contribution < 1.29 is 14.3 Å². The molecule has 0 radical (unpaired) electrons. The lowest BCUT2D eigenvalue weighted by molar-refractivity contribution is -0.120. The Bertz CT molecular complexity index is 1370. The fraction of sp³-hybridized carbons (Fsp3) is 0.207. The minimum Gasteiger partial charge on any atom is -0.497 e. The number of nitrogens with zero attached hydrogens (tertiary/aromatic N) is 2. The molecule has 2 amide bonds. The van der Waals surface area contributed by atoms with Crippen LogP contribution in [0.1, 0.15) is 33.1 Å². The molecule has 7 heteroatoms. The standard InChI is InChI=1S/C29H27N3O3S/c1-35-25-12-7-11-21(14-25)28-31-24(19-36-28)15-27(33)30-16-23(20-8-3-2-4-9-20)18-32-17-22-10-5-6-13-26(22)29(32)34/h2-14,19,23H,15-18H2,1H3,(H,30,33)/t23-/m0/s1. The van der Waals surface area contributed by atoms with Gasteiger partial charge in [0.2, 0.25) is 5.91 Å². The van der Waals surface area contributed by atoms with Crippen LogP contribution in [0, 0.1) is 0 Å². The highest BCUT2D eigenvalue weighted by Crippen LogP contribution is 2.28. The monoisotopic (exact) mass is 497 g/mol. The molecule has 0 bridgehead atoms. The van der Waals surface area contributed by atoms with Gasteiger partial charge < -0.3 is 15.0 Å². The number of ether oxygens (including phenoxy) is 1. The van der Waals surface area contributed by atoms with Gasteiger partial charge in [-0.3, -0.25) is 9.59 Å². The van der Waals surface area contributed by atoms with Crippen LogP contribution >= 0.6 is 11.3 Å². The third-order valence-electron chi connectivity index (χ3n) is 6.36. The van der Waals surface area contributed by atoms with Crippen LogP contribution in [0.15, 0.2) is 84.2 Å². The summed E-state index contributed by atoms with van der Waals surface area (Å²) in [4.78, 5) is 32.3. The molecule has 0 spiro atoms. The summed E-state index contributed by atoms with van der Waals surface area (Å²) in [6, 6.07) is 25.5. The fourth-order valence-electron chi connectivity index (χ4n) is 4.48. The van der Waals surface area contributed by atoms with E-state index in [9.17, 15) is 9.59 Å². The van der Waals surface area contributed by atoms with Gasteiger partial charge in [0, 0.05) is 42.1 Å². The Morgan fingerprint density at radius 1 is 1.08 bits per heavy atom. The Balaban J connectivity index is 1.23. The number of rotatable bonds is 9. The van der Waals surface area contributed by atoms with Gasteiger partial charge in [0.15, 0.2) is 0 Å². The van der Waals surface area contributed by atoms with Crippen LogP contribution < -0.4 is 10.1 Å². The molecule has 3 aromatic carbocycles. The lowest BCUT2D eigenvalue weighted by Gasteiger charge is -2.24. The number of benzene rings is 3. The maximum absolute atomic E-state index is 12.9. The minimum atomic E-state index is -0.0885. The Hall–Kier alpha value is -3.97. The average Bonchev–Trinajstić information content (AvgIpc) is 3.51. The predicted octanol–water partition coefficient (Wildman–Crippen LogP) is 4.92. The number of nitrogens with one attached hydrogen (secondary N) is 1. The Morgan fingerprint density at radius 2 is 1.89 bits per heavy atom. The van der Waals surface area contributed by atoms with Gasteiger partial charge in [0.1, 0.15) is 10.8 Å². The number of hydrogen-bond donors (Lipinski definition) is 1. The van der Waals surface area contributed by atoms with E-state index in [4.69, 9.17) is 4.74 Å². The lowest BCUT2D eigenvalue weighted by atomic mass is 9.98. The maximum Gasteiger partial charge on any atom is 0.254 e. The molecule has 0 saturated heterocycles. The molecule has 36 heavy (non-hydrogen) atoms. The van der Waals surface area contributed by atoms with Gasteiger partial charge in [-0.25, -0.2) is 4.98 Å². The fourth-order valence-corrected chi connectivity index (χ4v) is 5.30. The molecule has 0 fully saturated rings. The molecular formula is C29H27N3O3S. The summed E-state index contributed by atoms with van der Waals surface area (Å²) in [7, 11) is 1.64. The highest BCUT2D eigenvalue weighted by Gasteiger charge is 2.29. The summed E-state index contributed by atoms with van der Waals surface area (Å²) in [6.45, 7) is 1.57. The van der Waals surface area contributed by atoms with Crippen molar-refractivity contribution >= 4 is 23.2 Å². The number of fused-ring (bicyclic) bond motifs is 1. The van der Waals surface area contributed by atoms with Crippen LogP contribution in [0.2, 0.25) is 0 Å². The predicted molar refractivity (Wildman–Crippen MR) is 141 cm³/mol. The van der Waals surface area contributed by atoms with E-state index >= 15 is 0 Å². The van der Waals surface area contributed by atoms with E-state index in [-0.39, 0.29) is 24.2 Å². The smallest absolute Gasteiger partial charge is 0.254 e. The van der Waals surface area contributed by atoms with E-state index in [1.165, 1.54) is 11.3 Å². The molecule has 1 aliphatic rings. The summed E-state index contributed by atoms with van der Waals surface area (Å²) < 4.78 is 5.30. The summed E-state index contributed by atoms with van der Waals surface area (Å²) >= 11 is 1.51. The van der Waals surface area contributed by atoms with Gasteiger partial charge in [0.25, 0.3) is 5.91 Å².